The van der Waals surface area contributed by atoms with Crippen molar-refractivity contribution in [2.75, 3.05) is 14.8 Å². The van der Waals surface area contributed by atoms with Crippen LogP contribution in [0.4, 0.5) is 11.4 Å². The molecule has 26 heavy (non-hydrogen) atoms. The van der Waals surface area contributed by atoms with Gasteiger partial charge in [-0.25, -0.2) is 21.1 Å². The van der Waals surface area contributed by atoms with E-state index in [0.29, 0.717) is 10.2 Å². The second-order valence-corrected chi connectivity index (χ2v) is 10.3. The molecule has 1 heterocycles. The van der Waals surface area contributed by atoms with Crippen LogP contribution in [-0.2, 0) is 24.8 Å². The van der Waals surface area contributed by atoms with E-state index in [-0.39, 0.29) is 16.3 Å². The Morgan fingerprint density at radius 2 is 1.73 bits per heavy atom. The van der Waals surface area contributed by atoms with E-state index in [9.17, 15) is 21.6 Å². The van der Waals surface area contributed by atoms with E-state index in [2.05, 4.69) is 20.7 Å². The van der Waals surface area contributed by atoms with E-state index in [1.54, 1.807) is 31.2 Å². The summed E-state index contributed by atoms with van der Waals surface area (Å²) < 4.78 is 53.0. The Hall–Kier alpha value is -1.91. The standard InChI is InChI=1S/C16H15BrN2O5S2/c1-11-10-25(21,22)19(16(11)20)12-6-8-13(9-7-12)26(23,24)18-15-5-3-2-4-14(15)17/h2-9,11,18H,10H2,1H3/t11-/m1/s1. The van der Waals surface area contributed by atoms with Gasteiger partial charge in [-0.15, -0.1) is 0 Å². The highest BCUT2D eigenvalue weighted by molar-refractivity contribution is 9.10. The summed E-state index contributed by atoms with van der Waals surface area (Å²) in [7, 11) is -7.59. The average molecular weight is 459 g/mol. The van der Waals surface area contributed by atoms with E-state index >= 15 is 0 Å². The van der Waals surface area contributed by atoms with Crippen molar-refractivity contribution in [3.8, 4) is 0 Å². The van der Waals surface area contributed by atoms with Gasteiger partial charge in [-0.05, 0) is 52.3 Å². The summed E-state index contributed by atoms with van der Waals surface area (Å²) in [5.74, 6) is -1.40. The van der Waals surface area contributed by atoms with Gasteiger partial charge in [-0.1, -0.05) is 19.1 Å². The molecule has 1 aliphatic rings. The Balaban J connectivity index is 1.90. The van der Waals surface area contributed by atoms with Gasteiger partial charge in [0.1, 0.15) is 0 Å². The lowest BCUT2D eigenvalue weighted by Crippen LogP contribution is -2.30. The number of rotatable bonds is 4. The molecule has 2 aromatic carbocycles. The Bertz CT molecular complexity index is 1070. The van der Waals surface area contributed by atoms with Gasteiger partial charge in [0, 0.05) is 4.47 Å². The number of nitrogens with zero attached hydrogens (tertiary/aromatic N) is 1. The van der Waals surface area contributed by atoms with Crippen LogP contribution in [0.5, 0.6) is 0 Å². The molecule has 1 atom stereocenters. The number of carbonyl (C=O) groups excluding carboxylic acids is 1. The molecule has 0 bridgehead atoms. The number of carbonyl (C=O) groups is 1. The van der Waals surface area contributed by atoms with Gasteiger partial charge < -0.3 is 0 Å². The van der Waals surface area contributed by atoms with Gasteiger partial charge >= 0.3 is 0 Å². The molecule has 1 saturated heterocycles. The largest absolute Gasteiger partial charge is 0.278 e. The molecule has 1 N–H and O–H groups in total. The van der Waals surface area contributed by atoms with Crippen molar-refractivity contribution in [1.29, 1.82) is 0 Å². The fourth-order valence-electron chi connectivity index (χ4n) is 2.60. The summed E-state index contributed by atoms with van der Waals surface area (Å²) in [5.41, 5.74) is 0.502. The second-order valence-electron chi connectivity index (χ2n) is 5.86. The first kappa shape index (κ1) is 18.9. The van der Waals surface area contributed by atoms with E-state index in [1.165, 1.54) is 24.3 Å². The highest BCUT2D eigenvalue weighted by Crippen LogP contribution is 2.30. The van der Waals surface area contributed by atoms with Crippen LogP contribution in [0.2, 0.25) is 0 Å². The molecule has 0 radical (unpaired) electrons. The van der Waals surface area contributed by atoms with Crippen molar-refractivity contribution in [3.63, 3.8) is 0 Å². The van der Waals surface area contributed by atoms with Crippen molar-refractivity contribution in [3.05, 3.63) is 53.0 Å². The van der Waals surface area contributed by atoms with Gasteiger partial charge in [0.25, 0.3) is 10.0 Å². The minimum absolute atomic E-state index is 0.0471. The maximum atomic E-state index is 12.5. The fraction of sp³-hybridized carbons (Fsp3) is 0.188. The van der Waals surface area contributed by atoms with Crippen molar-refractivity contribution in [2.45, 2.75) is 11.8 Å². The molecule has 3 rings (SSSR count). The van der Waals surface area contributed by atoms with E-state index in [0.717, 1.165) is 4.31 Å². The molecule has 1 fully saturated rings. The van der Waals surface area contributed by atoms with Crippen LogP contribution in [0.15, 0.2) is 57.9 Å². The van der Waals surface area contributed by atoms with E-state index < -0.39 is 31.9 Å². The monoisotopic (exact) mass is 458 g/mol. The summed E-state index contributed by atoms with van der Waals surface area (Å²) in [5, 5.41) is 0. The smallest absolute Gasteiger partial charge is 0.261 e. The molecule has 10 heteroatoms. The number of benzene rings is 2. The topological polar surface area (TPSA) is 101 Å². The molecule has 7 nitrogen and oxygen atoms in total. The lowest BCUT2D eigenvalue weighted by atomic mass is 10.2. The molecule has 0 unspecified atom stereocenters. The van der Waals surface area contributed by atoms with Crippen LogP contribution < -0.4 is 9.03 Å². The van der Waals surface area contributed by atoms with E-state index in [4.69, 9.17) is 0 Å². The number of amides is 1. The maximum absolute atomic E-state index is 12.5. The number of hydrogen-bond acceptors (Lipinski definition) is 5. The van der Waals surface area contributed by atoms with Gasteiger partial charge in [0.15, 0.2) is 0 Å². The Labute approximate surface area is 160 Å². The number of anilines is 2. The maximum Gasteiger partial charge on any atom is 0.261 e. The highest BCUT2D eigenvalue weighted by atomic mass is 79.9. The molecule has 0 aliphatic carbocycles. The Morgan fingerprint density at radius 3 is 2.27 bits per heavy atom. The number of halogens is 1. The summed E-state index contributed by atoms with van der Waals surface area (Å²) in [4.78, 5) is 12.0. The third kappa shape index (κ3) is 3.49. The SMILES string of the molecule is C[C@@H]1CS(=O)(=O)N(c2ccc(S(=O)(=O)Nc3ccccc3Br)cc2)C1=O. The first-order valence-corrected chi connectivity index (χ1v) is 11.4. The van der Waals surface area contributed by atoms with Crippen LogP contribution in [0.25, 0.3) is 0 Å². The van der Waals surface area contributed by atoms with Gasteiger partial charge in [0.2, 0.25) is 15.9 Å². The van der Waals surface area contributed by atoms with Crippen LogP contribution in [0.3, 0.4) is 0 Å². The molecule has 138 valence electrons. The summed E-state index contributed by atoms with van der Waals surface area (Å²) in [6, 6.07) is 11.9. The van der Waals surface area contributed by atoms with Gasteiger partial charge in [0.05, 0.1) is 27.9 Å². The molecular formula is C16H15BrN2O5S2. The third-order valence-electron chi connectivity index (χ3n) is 3.86. The lowest BCUT2D eigenvalue weighted by Gasteiger charge is -2.16. The second kappa shape index (κ2) is 6.67. The third-order valence-corrected chi connectivity index (χ3v) is 7.80. The first-order valence-electron chi connectivity index (χ1n) is 7.56. The Morgan fingerprint density at radius 1 is 1.12 bits per heavy atom. The van der Waals surface area contributed by atoms with Crippen molar-refractivity contribution in [1.82, 2.24) is 0 Å². The first-order chi connectivity index (χ1) is 12.1. The number of hydrogen-bond donors (Lipinski definition) is 1. The van der Waals surface area contributed by atoms with Gasteiger partial charge in [-0.3, -0.25) is 9.52 Å². The molecular weight excluding hydrogens is 444 g/mol. The molecule has 2 aromatic rings. The predicted octanol–water partition coefficient (Wildman–Crippen LogP) is 2.56. The predicted molar refractivity (Wildman–Crippen MR) is 102 cm³/mol. The zero-order valence-corrected chi connectivity index (χ0v) is 16.8. The number of sulfonamides is 2. The van der Waals surface area contributed by atoms with Gasteiger partial charge in [-0.2, -0.15) is 0 Å². The van der Waals surface area contributed by atoms with Crippen LogP contribution in [0.1, 0.15) is 6.92 Å². The minimum atomic E-state index is -3.86. The van der Waals surface area contributed by atoms with Crippen molar-refractivity contribution < 1.29 is 21.6 Å². The van der Waals surface area contributed by atoms with Crippen molar-refractivity contribution >= 4 is 53.3 Å². The highest BCUT2D eigenvalue weighted by Gasteiger charge is 2.41. The average Bonchev–Trinajstić information content (AvgIpc) is 2.77. The lowest BCUT2D eigenvalue weighted by molar-refractivity contribution is -0.119. The summed E-state index contributed by atoms with van der Waals surface area (Å²) >= 11 is 3.26. The number of nitrogens with one attached hydrogen (secondary N) is 1. The fourth-order valence-corrected chi connectivity index (χ4v) is 6.01. The molecule has 0 spiro atoms. The molecule has 0 saturated carbocycles. The quantitative estimate of drug-likeness (QED) is 0.758. The van der Waals surface area contributed by atoms with Crippen LogP contribution in [0, 0.1) is 5.92 Å². The van der Waals surface area contributed by atoms with E-state index in [1.807, 2.05) is 0 Å². The molecule has 0 aromatic heterocycles. The Kier molecular flexibility index (Phi) is 4.84. The van der Waals surface area contributed by atoms with Crippen LogP contribution in [-0.4, -0.2) is 28.5 Å². The van der Waals surface area contributed by atoms with Crippen LogP contribution >= 0.6 is 15.9 Å². The minimum Gasteiger partial charge on any atom is -0.278 e. The normalized spacial score (nSPS) is 19.5. The van der Waals surface area contributed by atoms with Crippen molar-refractivity contribution in [2.24, 2.45) is 5.92 Å². The number of para-hydroxylation sites is 1. The summed E-state index contributed by atoms with van der Waals surface area (Å²) in [6.45, 7) is 1.54. The molecule has 1 aliphatic heterocycles. The summed E-state index contributed by atoms with van der Waals surface area (Å²) in [6.07, 6.45) is 0. The zero-order chi connectivity index (χ0) is 19.1. The molecule has 1 amide bonds. The zero-order valence-electron chi connectivity index (χ0n) is 13.6.